The van der Waals surface area contributed by atoms with E-state index in [-0.39, 0.29) is 12.1 Å². The number of aromatic nitrogens is 2. The normalized spacial score (nSPS) is 10.9. The van der Waals surface area contributed by atoms with Gasteiger partial charge in [-0.25, -0.2) is 4.98 Å². The fourth-order valence-electron chi connectivity index (χ4n) is 2.34. The van der Waals surface area contributed by atoms with E-state index < -0.39 is 0 Å². The molecule has 0 aliphatic heterocycles. The average Bonchev–Trinajstić information content (AvgIpc) is 2.47. The van der Waals surface area contributed by atoms with Crippen molar-refractivity contribution in [3.05, 3.63) is 63.7 Å². The van der Waals surface area contributed by atoms with Crippen molar-refractivity contribution in [2.24, 2.45) is 5.73 Å². The van der Waals surface area contributed by atoms with Crippen LogP contribution in [0.3, 0.4) is 0 Å². The number of H-pyrrole nitrogens is 1. The second-order valence-corrected chi connectivity index (χ2v) is 4.81. The zero-order valence-electron chi connectivity index (χ0n) is 10.6. The van der Waals surface area contributed by atoms with E-state index in [9.17, 15) is 4.79 Å². The molecule has 20 heavy (non-hydrogen) atoms. The van der Waals surface area contributed by atoms with Crippen LogP contribution in [0.1, 0.15) is 5.56 Å². The molecule has 0 atom stereocenters. The van der Waals surface area contributed by atoms with E-state index in [1.165, 1.54) is 6.33 Å². The third-order valence-electron chi connectivity index (χ3n) is 3.28. The molecule has 0 radical (unpaired) electrons. The number of fused-ring (bicyclic) bond motifs is 1. The third kappa shape index (κ3) is 1.99. The summed E-state index contributed by atoms with van der Waals surface area (Å²) in [6, 6.07) is 11.2. The van der Waals surface area contributed by atoms with Gasteiger partial charge in [-0.1, -0.05) is 35.9 Å². The van der Waals surface area contributed by atoms with E-state index in [2.05, 4.69) is 9.97 Å². The molecule has 0 fully saturated rings. The van der Waals surface area contributed by atoms with E-state index in [4.69, 9.17) is 17.3 Å². The molecule has 0 spiro atoms. The standard InChI is InChI=1S/C15H12ClN3O/c16-13-4-2-1-3-10(13)9-5-6-11-14(12(9)7-17)18-8-19-15(11)20/h1-6,8H,7,17H2,(H,18,19,20). The lowest BCUT2D eigenvalue weighted by Gasteiger charge is -2.11. The third-order valence-corrected chi connectivity index (χ3v) is 3.61. The Hall–Kier alpha value is -2.17. The maximum Gasteiger partial charge on any atom is 0.258 e. The fourth-order valence-corrected chi connectivity index (χ4v) is 2.58. The van der Waals surface area contributed by atoms with Gasteiger partial charge in [-0.2, -0.15) is 0 Å². The van der Waals surface area contributed by atoms with Gasteiger partial charge in [-0.3, -0.25) is 4.79 Å². The van der Waals surface area contributed by atoms with Crippen LogP contribution >= 0.6 is 11.6 Å². The first-order chi connectivity index (χ1) is 9.72. The molecule has 5 heteroatoms. The molecular weight excluding hydrogens is 274 g/mol. The van der Waals surface area contributed by atoms with Crippen molar-refractivity contribution in [3.63, 3.8) is 0 Å². The summed E-state index contributed by atoms with van der Waals surface area (Å²) in [5.41, 5.74) is 8.92. The monoisotopic (exact) mass is 285 g/mol. The number of hydrogen-bond donors (Lipinski definition) is 2. The highest BCUT2D eigenvalue weighted by Crippen LogP contribution is 2.32. The summed E-state index contributed by atoms with van der Waals surface area (Å²) in [6.07, 6.45) is 1.39. The topological polar surface area (TPSA) is 71.8 Å². The first kappa shape index (κ1) is 12.8. The minimum absolute atomic E-state index is 0.171. The average molecular weight is 286 g/mol. The highest BCUT2D eigenvalue weighted by molar-refractivity contribution is 6.33. The minimum Gasteiger partial charge on any atom is -0.326 e. The summed E-state index contributed by atoms with van der Waals surface area (Å²) in [6.45, 7) is 0.286. The molecule has 0 saturated carbocycles. The summed E-state index contributed by atoms with van der Waals surface area (Å²) < 4.78 is 0. The lowest BCUT2D eigenvalue weighted by Crippen LogP contribution is -2.10. The Morgan fingerprint density at radius 1 is 1.15 bits per heavy atom. The summed E-state index contributed by atoms with van der Waals surface area (Å²) in [5, 5.41) is 1.18. The fraction of sp³-hybridized carbons (Fsp3) is 0.0667. The Balaban J connectivity index is 2.39. The summed E-state index contributed by atoms with van der Waals surface area (Å²) in [5.74, 6) is 0. The number of aromatic amines is 1. The van der Waals surface area contributed by atoms with Gasteiger partial charge in [0.15, 0.2) is 0 Å². The van der Waals surface area contributed by atoms with Gasteiger partial charge in [0.1, 0.15) is 0 Å². The molecule has 0 saturated heterocycles. The maximum atomic E-state index is 11.8. The van der Waals surface area contributed by atoms with Crippen LogP contribution in [-0.2, 0) is 6.54 Å². The van der Waals surface area contributed by atoms with Crippen LogP contribution in [-0.4, -0.2) is 9.97 Å². The SMILES string of the molecule is NCc1c(-c2ccccc2Cl)ccc2c(=O)[nH]cnc12. The van der Waals surface area contributed by atoms with E-state index in [1.54, 1.807) is 6.07 Å². The predicted octanol–water partition coefficient (Wildman–Crippen LogP) is 2.70. The van der Waals surface area contributed by atoms with Gasteiger partial charge in [-0.05, 0) is 17.7 Å². The summed E-state index contributed by atoms with van der Waals surface area (Å²) in [4.78, 5) is 18.6. The summed E-state index contributed by atoms with van der Waals surface area (Å²) >= 11 is 6.24. The first-order valence-corrected chi connectivity index (χ1v) is 6.54. The van der Waals surface area contributed by atoms with Gasteiger partial charge in [0.2, 0.25) is 0 Å². The van der Waals surface area contributed by atoms with Crippen LogP contribution in [0.5, 0.6) is 0 Å². The highest BCUT2D eigenvalue weighted by atomic mass is 35.5. The molecule has 3 aromatic rings. The lowest BCUT2D eigenvalue weighted by molar-refractivity contribution is 1.07. The van der Waals surface area contributed by atoms with E-state index in [0.717, 1.165) is 16.7 Å². The molecule has 0 amide bonds. The van der Waals surface area contributed by atoms with Gasteiger partial charge < -0.3 is 10.7 Å². The van der Waals surface area contributed by atoms with Crippen molar-refractivity contribution in [2.75, 3.05) is 0 Å². The molecule has 1 aromatic heterocycles. The van der Waals surface area contributed by atoms with Crippen molar-refractivity contribution >= 4 is 22.5 Å². The Morgan fingerprint density at radius 3 is 2.70 bits per heavy atom. The van der Waals surface area contributed by atoms with Gasteiger partial charge >= 0.3 is 0 Å². The van der Waals surface area contributed by atoms with Crippen LogP contribution in [0, 0.1) is 0 Å². The van der Waals surface area contributed by atoms with E-state index in [1.807, 2.05) is 30.3 Å². The summed E-state index contributed by atoms with van der Waals surface area (Å²) in [7, 11) is 0. The van der Waals surface area contributed by atoms with Crippen molar-refractivity contribution in [1.82, 2.24) is 9.97 Å². The Morgan fingerprint density at radius 2 is 1.95 bits per heavy atom. The van der Waals surface area contributed by atoms with E-state index in [0.29, 0.717) is 15.9 Å². The zero-order chi connectivity index (χ0) is 14.1. The van der Waals surface area contributed by atoms with Crippen LogP contribution in [0.15, 0.2) is 47.5 Å². The molecule has 0 bridgehead atoms. The van der Waals surface area contributed by atoms with E-state index >= 15 is 0 Å². The first-order valence-electron chi connectivity index (χ1n) is 6.16. The van der Waals surface area contributed by atoms with Crippen LogP contribution in [0.4, 0.5) is 0 Å². The second-order valence-electron chi connectivity index (χ2n) is 4.40. The number of nitrogens with two attached hydrogens (primary N) is 1. The second kappa shape index (κ2) is 5.07. The Bertz CT molecular complexity index is 842. The molecule has 1 heterocycles. The quantitative estimate of drug-likeness (QED) is 0.760. The molecule has 3 rings (SSSR count). The number of halogens is 1. The molecular formula is C15H12ClN3O. The van der Waals surface area contributed by atoms with Gasteiger partial charge in [0.25, 0.3) is 5.56 Å². The molecule has 0 unspecified atom stereocenters. The van der Waals surface area contributed by atoms with Crippen molar-refractivity contribution in [3.8, 4) is 11.1 Å². The number of nitrogens with one attached hydrogen (secondary N) is 1. The largest absolute Gasteiger partial charge is 0.326 e. The van der Waals surface area contributed by atoms with Gasteiger partial charge in [-0.15, -0.1) is 0 Å². The maximum absolute atomic E-state index is 11.8. The molecule has 100 valence electrons. The van der Waals surface area contributed by atoms with Crippen molar-refractivity contribution in [1.29, 1.82) is 0 Å². The molecule has 2 aromatic carbocycles. The van der Waals surface area contributed by atoms with Crippen LogP contribution < -0.4 is 11.3 Å². The predicted molar refractivity (Wildman–Crippen MR) is 80.7 cm³/mol. The number of rotatable bonds is 2. The highest BCUT2D eigenvalue weighted by Gasteiger charge is 2.12. The van der Waals surface area contributed by atoms with Crippen molar-refractivity contribution in [2.45, 2.75) is 6.54 Å². The smallest absolute Gasteiger partial charge is 0.258 e. The minimum atomic E-state index is -0.171. The molecule has 0 aliphatic rings. The lowest BCUT2D eigenvalue weighted by atomic mass is 9.97. The molecule has 4 nitrogen and oxygen atoms in total. The van der Waals surface area contributed by atoms with Crippen LogP contribution in [0.2, 0.25) is 5.02 Å². The number of hydrogen-bond acceptors (Lipinski definition) is 3. The molecule has 0 aliphatic carbocycles. The number of benzene rings is 2. The molecule has 3 N–H and O–H groups in total. The van der Waals surface area contributed by atoms with Gasteiger partial charge in [0.05, 0.1) is 17.2 Å². The van der Waals surface area contributed by atoms with Crippen LogP contribution in [0.25, 0.3) is 22.0 Å². The zero-order valence-corrected chi connectivity index (χ0v) is 11.3. The Kier molecular flexibility index (Phi) is 3.26. The van der Waals surface area contributed by atoms with Gasteiger partial charge in [0, 0.05) is 22.7 Å². The number of nitrogens with zero attached hydrogens (tertiary/aromatic N) is 1. The Labute approximate surface area is 120 Å². The van der Waals surface area contributed by atoms with Crippen molar-refractivity contribution < 1.29 is 0 Å².